The highest BCUT2D eigenvalue weighted by Gasteiger charge is 2.29. The maximum atomic E-state index is 12.0. The summed E-state index contributed by atoms with van der Waals surface area (Å²) in [5.74, 6) is -0.575. The molecule has 6 heteroatoms. The minimum Gasteiger partial charge on any atom is -0.467 e. The Kier molecular flexibility index (Phi) is 5.18. The van der Waals surface area contributed by atoms with Gasteiger partial charge in [0.1, 0.15) is 11.8 Å². The molecule has 1 unspecified atom stereocenters. The minimum atomic E-state index is -0.667. The number of nitrogens with zero attached hydrogens (tertiary/aromatic N) is 1. The molecule has 1 aromatic heterocycles. The van der Waals surface area contributed by atoms with Crippen molar-refractivity contribution in [1.29, 1.82) is 0 Å². The number of hydrogen-bond donors (Lipinski definition) is 2. The summed E-state index contributed by atoms with van der Waals surface area (Å²) >= 11 is 0. The molecule has 0 fully saturated rings. The van der Waals surface area contributed by atoms with E-state index in [1.54, 1.807) is 6.26 Å². The molecule has 0 saturated carbocycles. The van der Waals surface area contributed by atoms with Crippen LogP contribution in [0.15, 0.2) is 59.7 Å². The SMILES string of the molecule is C=CCNC(=O)C(=O)NCC(c1ccco1)N1CCc2ccccc21. The topological polar surface area (TPSA) is 74.6 Å². The van der Waals surface area contributed by atoms with Crippen molar-refractivity contribution in [3.8, 4) is 0 Å². The molecule has 3 rings (SSSR count). The fourth-order valence-electron chi connectivity index (χ4n) is 3.05. The number of hydrogen-bond acceptors (Lipinski definition) is 4. The summed E-state index contributed by atoms with van der Waals surface area (Å²) in [7, 11) is 0. The van der Waals surface area contributed by atoms with Crippen molar-refractivity contribution in [2.75, 3.05) is 24.5 Å². The summed E-state index contributed by atoms with van der Waals surface area (Å²) in [6.07, 6.45) is 4.09. The molecular formula is C19H21N3O3. The number of nitrogens with one attached hydrogen (secondary N) is 2. The van der Waals surface area contributed by atoms with Crippen molar-refractivity contribution in [3.05, 3.63) is 66.6 Å². The molecule has 1 aliphatic rings. The van der Waals surface area contributed by atoms with Gasteiger partial charge in [-0.3, -0.25) is 9.59 Å². The van der Waals surface area contributed by atoms with E-state index in [1.807, 2.05) is 24.3 Å². The largest absolute Gasteiger partial charge is 0.467 e. The van der Waals surface area contributed by atoms with Crippen molar-refractivity contribution in [2.45, 2.75) is 12.5 Å². The van der Waals surface area contributed by atoms with E-state index in [0.29, 0.717) is 0 Å². The zero-order chi connectivity index (χ0) is 17.6. The van der Waals surface area contributed by atoms with Crippen LogP contribution >= 0.6 is 0 Å². The maximum absolute atomic E-state index is 12.0. The number of fused-ring (bicyclic) bond motifs is 1. The summed E-state index contributed by atoms with van der Waals surface area (Å²) in [5.41, 5.74) is 2.41. The lowest BCUT2D eigenvalue weighted by Gasteiger charge is -2.29. The van der Waals surface area contributed by atoms with Gasteiger partial charge in [-0.25, -0.2) is 0 Å². The number of para-hydroxylation sites is 1. The first kappa shape index (κ1) is 16.8. The van der Waals surface area contributed by atoms with E-state index in [4.69, 9.17) is 4.42 Å². The van der Waals surface area contributed by atoms with Crippen molar-refractivity contribution in [3.63, 3.8) is 0 Å². The first-order valence-electron chi connectivity index (χ1n) is 8.25. The normalized spacial score (nSPS) is 13.8. The van der Waals surface area contributed by atoms with Crippen LogP contribution in [0.2, 0.25) is 0 Å². The van der Waals surface area contributed by atoms with Crippen LogP contribution in [0, 0.1) is 0 Å². The van der Waals surface area contributed by atoms with Gasteiger partial charge in [0.15, 0.2) is 0 Å². The van der Waals surface area contributed by atoms with Crippen molar-refractivity contribution in [1.82, 2.24) is 10.6 Å². The molecule has 0 aliphatic carbocycles. The predicted molar refractivity (Wildman–Crippen MR) is 95.2 cm³/mol. The number of benzene rings is 1. The van der Waals surface area contributed by atoms with Crippen LogP contribution in [0.3, 0.4) is 0 Å². The van der Waals surface area contributed by atoms with Gasteiger partial charge in [0.2, 0.25) is 0 Å². The fourth-order valence-corrected chi connectivity index (χ4v) is 3.05. The van der Waals surface area contributed by atoms with Crippen molar-refractivity contribution in [2.24, 2.45) is 0 Å². The van der Waals surface area contributed by atoms with Gasteiger partial charge in [-0.2, -0.15) is 0 Å². The quantitative estimate of drug-likeness (QED) is 0.622. The Morgan fingerprint density at radius 1 is 1.20 bits per heavy atom. The average molecular weight is 339 g/mol. The van der Waals surface area contributed by atoms with Gasteiger partial charge in [-0.15, -0.1) is 6.58 Å². The molecule has 0 saturated heterocycles. The summed E-state index contributed by atoms with van der Waals surface area (Å²) in [6.45, 7) is 4.88. The van der Waals surface area contributed by atoms with Crippen LogP contribution in [-0.2, 0) is 16.0 Å². The third-order valence-corrected chi connectivity index (χ3v) is 4.24. The molecule has 1 aliphatic heterocycles. The van der Waals surface area contributed by atoms with Gasteiger partial charge in [0.25, 0.3) is 0 Å². The Morgan fingerprint density at radius 3 is 2.76 bits per heavy atom. The first-order chi connectivity index (χ1) is 12.2. The summed E-state index contributed by atoms with van der Waals surface area (Å²) < 4.78 is 5.57. The van der Waals surface area contributed by atoms with Gasteiger partial charge in [0.05, 0.1) is 6.26 Å². The zero-order valence-corrected chi connectivity index (χ0v) is 13.9. The van der Waals surface area contributed by atoms with Gasteiger partial charge in [0, 0.05) is 25.3 Å². The Bertz CT molecular complexity index is 755. The number of carbonyl (C=O) groups excluding carboxylic acids is 2. The van der Waals surface area contributed by atoms with Gasteiger partial charge < -0.3 is 20.0 Å². The molecule has 0 radical (unpaired) electrons. The molecule has 130 valence electrons. The number of rotatable bonds is 6. The van der Waals surface area contributed by atoms with E-state index in [2.05, 4.69) is 34.2 Å². The lowest BCUT2D eigenvalue weighted by atomic mass is 10.1. The predicted octanol–water partition coefficient (Wildman–Crippen LogP) is 1.80. The number of amides is 2. The second-order valence-corrected chi connectivity index (χ2v) is 5.81. The van der Waals surface area contributed by atoms with Crippen molar-refractivity contribution < 1.29 is 14.0 Å². The highest BCUT2D eigenvalue weighted by molar-refractivity contribution is 6.35. The first-order valence-corrected chi connectivity index (χ1v) is 8.25. The lowest BCUT2D eigenvalue weighted by molar-refractivity contribution is -0.139. The Hall–Kier alpha value is -3.02. The molecule has 1 atom stereocenters. The minimum absolute atomic E-state index is 0.171. The monoisotopic (exact) mass is 339 g/mol. The highest BCUT2D eigenvalue weighted by Crippen LogP contribution is 2.34. The van der Waals surface area contributed by atoms with Crippen LogP contribution in [0.5, 0.6) is 0 Å². The van der Waals surface area contributed by atoms with Crippen molar-refractivity contribution >= 4 is 17.5 Å². The lowest BCUT2D eigenvalue weighted by Crippen LogP contribution is -2.44. The van der Waals surface area contributed by atoms with Gasteiger partial charge in [-0.1, -0.05) is 24.3 Å². The second-order valence-electron chi connectivity index (χ2n) is 5.81. The smallest absolute Gasteiger partial charge is 0.309 e. The third kappa shape index (κ3) is 3.74. The molecule has 2 amide bonds. The summed E-state index contributed by atoms with van der Waals surface area (Å²) in [5, 5.41) is 5.17. The third-order valence-electron chi connectivity index (χ3n) is 4.24. The van der Waals surface area contributed by atoms with Gasteiger partial charge in [-0.05, 0) is 30.2 Å². The molecule has 6 nitrogen and oxygen atoms in total. The summed E-state index contributed by atoms with van der Waals surface area (Å²) in [6, 6.07) is 11.7. The molecule has 2 N–H and O–H groups in total. The molecule has 25 heavy (non-hydrogen) atoms. The fraction of sp³-hybridized carbons (Fsp3) is 0.263. The molecule has 1 aromatic carbocycles. The van der Waals surface area contributed by atoms with E-state index in [1.165, 1.54) is 11.6 Å². The van der Waals surface area contributed by atoms with E-state index < -0.39 is 11.8 Å². The molecule has 0 bridgehead atoms. The molecule has 2 aromatic rings. The molecule has 2 heterocycles. The number of carbonyl (C=O) groups is 2. The molecular weight excluding hydrogens is 318 g/mol. The van der Waals surface area contributed by atoms with E-state index in [0.717, 1.165) is 24.4 Å². The van der Waals surface area contributed by atoms with Crippen LogP contribution in [0.25, 0.3) is 0 Å². The van der Waals surface area contributed by atoms with E-state index >= 15 is 0 Å². The standard InChI is InChI=1S/C19H21N3O3/c1-2-10-20-18(23)19(24)21-13-16(17-8-5-12-25-17)22-11-9-14-6-3-4-7-15(14)22/h2-8,12,16H,1,9-11,13H2,(H,20,23)(H,21,24). The average Bonchev–Trinajstić information content (AvgIpc) is 3.30. The Balaban J connectivity index is 1.73. The highest BCUT2D eigenvalue weighted by atomic mass is 16.3. The Morgan fingerprint density at radius 2 is 2.00 bits per heavy atom. The number of anilines is 1. The van der Waals surface area contributed by atoms with Gasteiger partial charge >= 0.3 is 11.8 Å². The number of furan rings is 1. The van der Waals surface area contributed by atoms with Crippen LogP contribution in [0.4, 0.5) is 5.69 Å². The second kappa shape index (κ2) is 7.70. The Labute approximate surface area is 146 Å². The maximum Gasteiger partial charge on any atom is 0.309 e. The van der Waals surface area contributed by atoms with E-state index in [-0.39, 0.29) is 19.1 Å². The zero-order valence-electron chi connectivity index (χ0n) is 13.9. The van der Waals surface area contributed by atoms with Crippen LogP contribution < -0.4 is 15.5 Å². The van der Waals surface area contributed by atoms with E-state index in [9.17, 15) is 9.59 Å². The summed E-state index contributed by atoms with van der Waals surface area (Å²) in [4.78, 5) is 25.9. The molecule has 0 spiro atoms. The van der Waals surface area contributed by atoms with Crippen LogP contribution in [0.1, 0.15) is 17.4 Å². The van der Waals surface area contributed by atoms with Crippen LogP contribution in [-0.4, -0.2) is 31.4 Å².